The predicted octanol–water partition coefficient (Wildman–Crippen LogP) is 1.67. The molecule has 134 valence electrons. The van der Waals surface area contributed by atoms with Gasteiger partial charge in [0.15, 0.2) is 0 Å². The summed E-state index contributed by atoms with van der Waals surface area (Å²) < 4.78 is 10.3. The first kappa shape index (κ1) is 18.5. The molecule has 3 unspecified atom stereocenters. The van der Waals surface area contributed by atoms with Crippen molar-refractivity contribution < 1.29 is 19.4 Å². The van der Waals surface area contributed by atoms with E-state index in [4.69, 9.17) is 9.47 Å². The van der Waals surface area contributed by atoms with Gasteiger partial charge in [-0.1, -0.05) is 0 Å². The molecular formula is C17H32N2O4. The number of methoxy groups -OCH3 is 1. The van der Waals surface area contributed by atoms with Crippen molar-refractivity contribution in [2.75, 3.05) is 20.3 Å². The van der Waals surface area contributed by atoms with Crippen molar-refractivity contribution >= 4 is 6.09 Å². The Bertz CT molecular complexity index is 383. The van der Waals surface area contributed by atoms with Crippen LogP contribution in [0.5, 0.6) is 0 Å². The van der Waals surface area contributed by atoms with Gasteiger partial charge in [-0.15, -0.1) is 0 Å². The number of amides is 1. The summed E-state index contributed by atoms with van der Waals surface area (Å²) in [5.74, 6) is 1.12. The van der Waals surface area contributed by atoms with Crippen molar-refractivity contribution in [2.24, 2.45) is 11.8 Å². The minimum Gasteiger partial charge on any atom is -0.444 e. The Morgan fingerprint density at radius 1 is 1.26 bits per heavy atom. The van der Waals surface area contributed by atoms with Crippen LogP contribution in [0.3, 0.4) is 0 Å². The molecule has 2 aliphatic rings. The first-order valence-electron chi connectivity index (χ1n) is 8.68. The highest BCUT2D eigenvalue weighted by Crippen LogP contribution is 2.42. The number of aliphatic hydroxyl groups excluding tert-OH is 1. The van der Waals surface area contributed by atoms with E-state index in [1.165, 1.54) is 12.8 Å². The molecule has 3 N–H and O–H groups in total. The molecule has 0 spiro atoms. The second-order valence-electron chi connectivity index (χ2n) is 7.96. The Morgan fingerprint density at radius 3 is 2.39 bits per heavy atom. The second-order valence-corrected chi connectivity index (χ2v) is 7.96. The highest BCUT2D eigenvalue weighted by atomic mass is 16.6. The highest BCUT2D eigenvalue weighted by molar-refractivity contribution is 5.68. The molecule has 0 radical (unpaired) electrons. The van der Waals surface area contributed by atoms with Crippen LogP contribution in [0.1, 0.15) is 46.5 Å². The second kappa shape index (κ2) is 7.81. The lowest BCUT2D eigenvalue weighted by atomic mass is 9.81. The zero-order chi connectivity index (χ0) is 17.0. The van der Waals surface area contributed by atoms with Crippen LogP contribution in [-0.4, -0.2) is 55.2 Å². The Labute approximate surface area is 139 Å². The van der Waals surface area contributed by atoms with Crippen LogP contribution in [0.2, 0.25) is 0 Å². The Kier molecular flexibility index (Phi) is 6.28. The lowest BCUT2D eigenvalue weighted by molar-refractivity contribution is 0.0458. The van der Waals surface area contributed by atoms with Crippen molar-refractivity contribution in [1.29, 1.82) is 0 Å². The SMILES string of the molecule is COCC(O)CNC1C2CCC1CC(NC(=O)OC(C)(C)C)C2. The maximum Gasteiger partial charge on any atom is 0.407 e. The molecule has 0 heterocycles. The van der Waals surface area contributed by atoms with Crippen LogP contribution >= 0.6 is 0 Å². The maximum absolute atomic E-state index is 11.9. The van der Waals surface area contributed by atoms with Gasteiger partial charge in [0.05, 0.1) is 12.7 Å². The van der Waals surface area contributed by atoms with Crippen molar-refractivity contribution in [3.05, 3.63) is 0 Å². The number of fused-ring (bicyclic) bond motifs is 2. The topological polar surface area (TPSA) is 79.8 Å². The molecule has 6 heteroatoms. The van der Waals surface area contributed by atoms with E-state index < -0.39 is 11.7 Å². The molecule has 23 heavy (non-hydrogen) atoms. The van der Waals surface area contributed by atoms with E-state index in [9.17, 15) is 9.90 Å². The maximum atomic E-state index is 11.9. The summed E-state index contributed by atoms with van der Waals surface area (Å²) in [6, 6.07) is 0.641. The zero-order valence-corrected chi connectivity index (χ0v) is 14.8. The van der Waals surface area contributed by atoms with Crippen molar-refractivity contribution in [3.8, 4) is 0 Å². The minimum absolute atomic E-state index is 0.198. The first-order valence-corrected chi connectivity index (χ1v) is 8.68. The lowest BCUT2D eigenvalue weighted by Crippen LogP contribution is -2.50. The average molecular weight is 328 g/mol. The molecule has 0 saturated heterocycles. The molecule has 6 nitrogen and oxygen atoms in total. The van der Waals surface area contributed by atoms with E-state index in [-0.39, 0.29) is 12.1 Å². The van der Waals surface area contributed by atoms with Crippen molar-refractivity contribution in [1.82, 2.24) is 10.6 Å². The molecule has 0 aromatic carbocycles. The van der Waals surface area contributed by atoms with Gasteiger partial charge < -0.3 is 25.2 Å². The Balaban J connectivity index is 1.79. The quantitative estimate of drug-likeness (QED) is 0.691. The van der Waals surface area contributed by atoms with Gasteiger partial charge in [0.2, 0.25) is 0 Å². The monoisotopic (exact) mass is 328 g/mol. The van der Waals surface area contributed by atoms with E-state index >= 15 is 0 Å². The van der Waals surface area contributed by atoms with Gasteiger partial charge in [0.1, 0.15) is 5.60 Å². The van der Waals surface area contributed by atoms with E-state index in [1.807, 2.05) is 20.8 Å². The number of aliphatic hydroxyl groups is 1. The number of nitrogens with one attached hydrogen (secondary N) is 2. The third-order valence-corrected chi connectivity index (χ3v) is 4.77. The molecule has 2 saturated carbocycles. The summed E-state index contributed by atoms with van der Waals surface area (Å²) in [5.41, 5.74) is -0.459. The third kappa shape index (κ3) is 5.62. The van der Waals surface area contributed by atoms with Gasteiger partial charge in [0, 0.05) is 25.7 Å². The zero-order valence-electron chi connectivity index (χ0n) is 14.8. The van der Waals surface area contributed by atoms with Gasteiger partial charge in [-0.05, 0) is 58.3 Å². The predicted molar refractivity (Wildman–Crippen MR) is 88.3 cm³/mol. The van der Waals surface area contributed by atoms with E-state index in [0.29, 0.717) is 31.0 Å². The highest BCUT2D eigenvalue weighted by Gasteiger charge is 2.43. The Hall–Kier alpha value is -0.850. The van der Waals surface area contributed by atoms with Crippen LogP contribution in [0.25, 0.3) is 0 Å². The molecule has 3 atom stereocenters. The first-order chi connectivity index (χ1) is 10.8. The summed E-state index contributed by atoms with van der Waals surface area (Å²) in [6.45, 7) is 6.56. The lowest BCUT2D eigenvalue weighted by Gasteiger charge is -2.37. The average Bonchev–Trinajstić information content (AvgIpc) is 2.64. The summed E-state index contributed by atoms with van der Waals surface area (Å²) in [5, 5.41) is 16.3. The Morgan fingerprint density at radius 2 is 1.87 bits per heavy atom. The molecule has 2 fully saturated rings. The van der Waals surface area contributed by atoms with E-state index in [2.05, 4.69) is 10.6 Å². The van der Waals surface area contributed by atoms with Crippen molar-refractivity contribution in [3.63, 3.8) is 0 Å². The molecular weight excluding hydrogens is 296 g/mol. The summed E-state index contributed by atoms with van der Waals surface area (Å²) in [7, 11) is 1.60. The van der Waals surface area contributed by atoms with Crippen LogP contribution in [0.15, 0.2) is 0 Å². The summed E-state index contributed by atoms with van der Waals surface area (Å²) in [6.07, 6.45) is 3.56. The van der Waals surface area contributed by atoms with Crippen LogP contribution in [-0.2, 0) is 9.47 Å². The van der Waals surface area contributed by atoms with Gasteiger partial charge in [0.25, 0.3) is 0 Å². The molecule has 0 aliphatic heterocycles. The standard InChI is InChI=1S/C17H32N2O4/c1-17(2,3)23-16(21)19-13-7-11-5-6-12(8-13)15(11)18-9-14(20)10-22-4/h11-15,18,20H,5-10H2,1-4H3,(H,19,21). The fraction of sp³-hybridized carbons (Fsp3) is 0.941. The molecule has 2 bridgehead atoms. The van der Waals surface area contributed by atoms with Crippen LogP contribution in [0, 0.1) is 11.8 Å². The fourth-order valence-corrected chi connectivity index (χ4v) is 3.98. The molecule has 1 amide bonds. The van der Waals surface area contributed by atoms with E-state index in [0.717, 1.165) is 12.8 Å². The van der Waals surface area contributed by atoms with Gasteiger partial charge in [-0.3, -0.25) is 0 Å². The minimum atomic E-state index is -0.461. The smallest absolute Gasteiger partial charge is 0.407 e. The number of carbonyl (C=O) groups is 1. The molecule has 2 rings (SSSR count). The van der Waals surface area contributed by atoms with Gasteiger partial charge in [-0.25, -0.2) is 4.79 Å². The number of hydrogen-bond donors (Lipinski definition) is 3. The molecule has 2 aliphatic carbocycles. The number of carbonyl (C=O) groups excluding carboxylic acids is 1. The van der Waals surface area contributed by atoms with Crippen LogP contribution in [0.4, 0.5) is 4.79 Å². The fourth-order valence-electron chi connectivity index (χ4n) is 3.98. The van der Waals surface area contributed by atoms with E-state index in [1.54, 1.807) is 7.11 Å². The normalized spacial score (nSPS) is 31.7. The molecule has 0 aromatic rings. The number of hydrogen-bond acceptors (Lipinski definition) is 5. The van der Waals surface area contributed by atoms with Crippen LogP contribution < -0.4 is 10.6 Å². The largest absolute Gasteiger partial charge is 0.444 e. The number of alkyl carbamates (subject to hydrolysis) is 1. The molecule has 0 aromatic heterocycles. The van der Waals surface area contributed by atoms with Crippen molar-refractivity contribution in [2.45, 2.75) is 70.2 Å². The summed E-state index contributed by atoms with van der Waals surface area (Å²) >= 11 is 0. The third-order valence-electron chi connectivity index (χ3n) is 4.77. The number of rotatable bonds is 6. The number of ether oxygens (including phenoxy) is 2. The summed E-state index contributed by atoms with van der Waals surface area (Å²) in [4.78, 5) is 11.9. The van der Waals surface area contributed by atoms with Gasteiger partial charge in [-0.2, -0.15) is 0 Å². The van der Waals surface area contributed by atoms with Gasteiger partial charge >= 0.3 is 6.09 Å².